The van der Waals surface area contributed by atoms with Gasteiger partial charge in [0.05, 0.1) is 12.2 Å². The molecule has 1 rings (SSSR count). The zero-order valence-electron chi connectivity index (χ0n) is 12.1. The largest absolute Gasteiger partial charge is 0.417 e. The molecular formula is C14H20BrF3N2O. The second-order valence-corrected chi connectivity index (χ2v) is 5.65. The number of nitrogens with one attached hydrogen (secondary N) is 1. The van der Waals surface area contributed by atoms with Gasteiger partial charge in [0, 0.05) is 37.8 Å². The smallest absolute Gasteiger partial charge is 0.383 e. The predicted octanol–water partition coefficient (Wildman–Crippen LogP) is 3.14. The van der Waals surface area contributed by atoms with E-state index in [9.17, 15) is 13.2 Å². The monoisotopic (exact) mass is 368 g/mol. The molecule has 0 radical (unpaired) electrons. The Bertz CT molecular complexity index is 441. The van der Waals surface area contributed by atoms with Gasteiger partial charge >= 0.3 is 6.18 Å². The average Bonchev–Trinajstić information content (AvgIpc) is 2.39. The number of ether oxygens (including phenoxy) is 1. The average molecular weight is 369 g/mol. The van der Waals surface area contributed by atoms with Gasteiger partial charge in [0.25, 0.3) is 0 Å². The summed E-state index contributed by atoms with van der Waals surface area (Å²) in [6.45, 7) is 3.40. The van der Waals surface area contributed by atoms with Crippen LogP contribution >= 0.6 is 15.9 Å². The molecule has 120 valence electrons. The fraction of sp³-hybridized carbons (Fsp3) is 0.571. The second kappa shape index (κ2) is 8.73. The summed E-state index contributed by atoms with van der Waals surface area (Å²) >= 11 is 2.94. The minimum atomic E-state index is -4.34. The molecule has 0 saturated heterocycles. The van der Waals surface area contributed by atoms with Crippen LogP contribution in [0.5, 0.6) is 0 Å². The Morgan fingerprint density at radius 2 is 2.00 bits per heavy atom. The molecule has 0 aliphatic rings. The summed E-state index contributed by atoms with van der Waals surface area (Å²) in [5, 5.41) is 3.19. The molecule has 1 aromatic rings. The van der Waals surface area contributed by atoms with Gasteiger partial charge in [0.2, 0.25) is 0 Å². The normalized spacial score (nSPS) is 12.1. The number of hydrogen-bond acceptors (Lipinski definition) is 3. The number of alkyl halides is 3. The van der Waals surface area contributed by atoms with Crippen molar-refractivity contribution in [3.05, 3.63) is 33.8 Å². The molecule has 21 heavy (non-hydrogen) atoms. The SMILES string of the molecule is COCCNCCN(C)Cc1ccc(Br)c(C(F)(F)F)c1. The maximum atomic E-state index is 12.8. The maximum absolute atomic E-state index is 12.8. The zero-order valence-corrected chi connectivity index (χ0v) is 13.7. The van der Waals surface area contributed by atoms with Crippen molar-refractivity contribution in [2.45, 2.75) is 12.7 Å². The third kappa shape index (κ3) is 6.78. The first-order chi connectivity index (χ1) is 9.84. The molecule has 0 fully saturated rings. The van der Waals surface area contributed by atoms with Crippen LogP contribution in [0.15, 0.2) is 22.7 Å². The van der Waals surface area contributed by atoms with Crippen molar-refractivity contribution in [2.24, 2.45) is 0 Å². The van der Waals surface area contributed by atoms with E-state index < -0.39 is 11.7 Å². The van der Waals surface area contributed by atoms with E-state index >= 15 is 0 Å². The summed E-state index contributed by atoms with van der Waals surface area (Å²) in [7, 11) is 3.52. The van der Waals surface area contributed by atoms with Gasteiger partial charge in [-0.3, -0.25) is 0 Å². The molecule has 0 atom stereocenters. The standard InChI is InChI=1S/C14H20BrF3N2O/c1-20(7-5-19-6-8-21-2)10-11-3-4-13(15)12(9-11)14(16,17)18/h3-4,9,19H,5-8,10H2,1-2H3. The van der Waals surface area contributed by atoms with Crippen LogP contribution in [0.25, 0.3) is 0 Å². The van der Waals surface area contributed by atoms with Crippen LogP contribution in [0, 0.1) is 0 Å². The highest BCUT2D eigenvalue weighted by Gasteiger charge is 2.33. The number of rotatable bonds is 8. The van der Waals surface area contributed by atoms with Gasteiger partial charge in [-0.15, -0.1) is 0 Å². The Kier molecular flexibility index (Phi) is 7.65. The van der Waals surface area contributed by atoms with E-state index in [0.717, 1.165) is 19.6 Å². The molecule has 1 N–H and O–H groups in total. The molecule has 3 nitrogen and oxygen atoms in total. The van der Waals surface area contributed by atoms with Crippen LogP contribution in [-0.4, -0.2) is 45.3 Å². The fourth-order valence-corrected chi connectivity index (χ4v) is 2.32. The van der Waals surface area contributed by atoms with Crippen LogP contribution in [0.4, 0.5) is 13.2 Å². The fourth-order valence-electron chi connectivity index (χ4n) is 1.85. The lowest BCUT2D eigenvalue weighted by Gasteiger charge is -2.18. The molecule has 0 saturated carbocycles. The molecule has 1 aromatic carbocycles. The quantitative estimate of drug-likeness (QED) is 0.713. The van der Waals surface area contributed by atoms with E-state index in [0.29, 0.717) is 18.7 Å². The molecular weight excluding hydrogens is 349 g/mol. The highest BCUT2D eigenvalue weighted by atomic mass is 79.9. The molecule has 0 amide bonds. The summed E-state index contributed by atoms with van der Waals surface area (Å²) in [5.74, 6) is 0. The molecule has 0 aromatic heterocycles. The Morgan fingerprint density at radius 3 is 2.62 bits per heavy atom. The second-order valence-electron chi connectivity index (χ2n) is 4.79. The Hall–Kier alpha value is -0.630. The third-order valence-electron chi connectivity index (χ3n) is 2.94. The molecule has 0 bridgehead atoms. The van der Waals surface area contributed by atoms with Crippen molar-refractivity contribution in [1.82, 2.24) is 10.2 Å². The van der Waals surface area contributed by atoms with E-state index in [1.54, 1.807) is 13.2 Å². The summed E-state index contributed by atoms with van der Waals surface area (Å²) in [5.41, 5.74) is 0.0107. The van der Waals surface area contributed by atoms with Gasteiger partial charge in [0.1, 0.15) is 0 Å². The molecule has 0 unspecified atom stereocenters. The Labute approximate surface area is 131 Å². The minimum Gasteiger partial charge on any atom is -0.383 e. The first kappa shape index (κ1) is 18.4. The first-order valence-electron chi connectivity index (χ1n) is 6.58. The van der Waals surface area contributed by atoms with Gasteiger partial charge in [-0.2, -0.15) is 13.2 Å². The van der Waals surface area contributed by atoms with Gasteiger partial charge in [0.15, 0.2) is 0 Å². The van der Waals surface area contributed by atoms with Crippen molar-refractivity contribution in [3.63, 3.8) is 0 Å². The lowest BCUT2D eigenvalue weighted by molar-refractivity contribution is -0.138. The number of nitrogens with zero attached hydrogens (tertiary/aromatic N) is 1. The lowest BCUT2D eigenvalue weighted by atomic mass is 10.1. The molecule has 0 heterocycles. The van der Waals surface area contributed by atoms with Gasteiger partial charge in [-0.25, -0.2) is 0 Å². The number of hydrogen-bond donors (Lipinski definition) is 1. The van der Waals surface area contributed by atoms with Gasteiger partial charge in [-0.05, 0) is 24.7 Å². The molecule has 0 aliphatic heterocycles. The van der Waals surface area contributed by atoms with E-state index in [4.69, 9.17) is 4.74 Å². The summed E-state index contributed by atoms with van der Waals surface area (Å²) in [6, 6.07) is 4.34. The van der Waals surface area contributed by atoms with Crippen molar-refractivity contribution in [2.75, 3.05) is 40.4 Å². The van der Waals surface area contributed by atoms with Crippen molar-refractivity contribution in [1.29, 1.82) is 0 Å². The summed E-state index contributed by atoms with van der Waals surface area (Å²) in [6.07, 6.45) is -4.34. The predicted molar refractivity (Wildman–Crippen MR) is 80.2 cm³/mol. The van der Waals surface area contributed by atoms with E-state index in [1.165, 1.54) is 12.1 Å². The Balaban J connectivity index is 2.51. The molecule has 0 spiro atoms. The minimum absolute atomic E-state index is 0.0719. The topological polar surface area (TPSA) is 24.5 Å². The van der Waals surface area contributed by atoms with E-state index in [1.807, 2.05) is 11.9 Å². The van der Waals surface area contributed by atoms with Crippen LogP contribution in [0.1, 0.15) is 11.1 Å². The van der Waals surface area contributed by atoms with Crippen molar-refractivity contribution in [3.8, 4) is 0 Å². The first-order valence-corrected chi connectivity index (χ1v) is 7.37. The highest BCUT2D eigenvalue weighted by molar-refractivity contribution is 9.10. The van der Waals surface area contributed by atoms with E-state index in [2.05, 4.69) is 21.2 Å². The highest BCUT2D eigenvalue weighted by Crippen LogP contribution is 2.35. The lowest BCUT2D eigenvalue weighted by Crippen LogP contribution is -2.30. The number of halogens is 4. The third-order valence-corrected chi connectivity index (χ3v) is 3.63. The maximum Gasteiger partial charge on any atom is 0.417 e. The molecule has 0 aliphatic carbocycles. The van der Waals surface area contributed by atoms with Gasteiger partial charge < -0.3 is 15.0 Å². The van der Waals surface area contributed by atoms with Crippen molar-refractivity contribution < 1.29 is 17.9 Å². The number of likely N-dealkylation sites (N-methyl/N-ethyl adjacent to an activating group) is 1. The summed E-state index contributed by atoms with van der Waals surface area (Å²) in [4.78, 5) is 1.98. The van der Waals surface area contributed by atoms with E-state index in [-0.39, 0.29) is 4.47 Å². The Morgan fingerprint density at radius 1 is 1.29 bits per heavy atom. The van der Waals surface area contributed by atoms with Crippen molar-refractivity contribution >= 4 is 15.9 Å². The number of benzene rings is 1. The van der Waals surface area contributed by atoms with Crippen LogP contribution < -0.4 is 5.32 Å². The van der Waals surface area contributed by atoms with Gasteiger partial charge in [-0.1, -0.05) is 22.0 Å². The number of methoxy groups -OCH3 is 1. The van der Waals surface area contributed by atoms with Crippen LogP contribution in [-0.2, 0) is 17.5 Å². The summed E-state index contributed by atoms with van der Waals surface area (Å²) < 4.78 is 43.5. The molecule has 7 heteroatoms. The van der Waals surface area contributed by atoms with Crippen LogP contribution in [0.3, 0.4) is 0 Å². The van der Waals surface area contributed by atoms with Crippen LogP contribution in [0.2, 0.25) is 0 Å². The zero-order chi connectivity index (χ0) is 15.9.